The fourth-order valence-corrected chi connectivity index (χ4v) is 2.70. The molecular weight excluding hydrogens is 302 g/mol. The van der Waals surface area contributed by atoms with E-state index in [9.17, 15) is 14.4 Å². The van der Waals surface area contributed by atoms with Gasteiger partial charge in [-0.1, -0.05) is 52.0 Å². The summed E-state index contributed by atoms with van der Waals surface area (Å²) in [6, 6.07) is 6.94. The van der Waals surface area contributed by atoms with Gasteiger partial charge in [-0.3, -0.25) is 14.4 Å². The molecule has 1 unspecified atom stereocenters. The maximum atomic E-state index is 12.5. The van der Waals surface area contributed by atoms with Gasteiger partial charge in [0.1, 0.15) is 0 Å². The second kappa shape index (κ2) is 7.12. The Kier molecular flexibility index (Phi) is 5.37. The molecule has 4 nitrogen and oxygen atoms in total. The van der Waals surface area contributed by atoms with Crippen LogP contribution in [-0.4, -0.2) is 24.0 Å². The minimum atomic E-state index is -0.402. The van der Waals surface area contributed by atoms with E-state index in [2.05, 4.69) is 5.32 Å². The zero-order valence-electron chi connectivity index (χ0n) is 14.8. The maximum absolute atomic E-state index is 12.5. The van der Waals surface area contributed by atoms with Crippen LogP contribution in [0.5, 0.6) is 0 Å². The van der Waals surface area contributed by atoms with E-state index in [-0.39, 0.29) is 23.4 Å². The number of nitrogens with one attached hydrogen (secondary N) is 1. The van der Waals surface area contributed by atoms with E-state index in [1.54, 1.807) is 24.3 Å². The number of hydrogen-bond acceptors (Lipinski definition) is 3. The van der Waals surface area contributed by atoms with E-state index >= 15 is 0 Å². The molecule has 0 saturated carbocycles. The van der Waals surface area contributed by atoms with Crippen LogP contribution in [0.25, 0.3) is 0 Å². The monoisotopic (exact) mass is 327 g/mol. The number of fused-ring (bicyclic) bond motifs is 1. The minimum absolute atomic E-state index is 0.0202. The van der Waals surface area contributed by atoms with Crippen molar-refractivity contribution in [1.82, 2.24) is 5.32 Å². The molecule has 4 heteroatoms. The molecule has 0 bridgehead atoms. The molecule has 2 rings (SSSR count). The highest BCUT2D eigenvalue weighted by Crippen LogP contribution is 2.26. The normalized spacial score (nSPS) is 15.6. The van der Waals surface area contributed by atoms with Gasteiger partial charge in [0.15, 0.2) is 11.6 Å². The lowest BCUT2D eigenvalue weighted by Crippen LogP contribution is -2.35. The van der Waals surface area contributed by atoms with Crippen molar-refractivity contribution in [2.75, 3.05) is 6.54 Å². The Bertz CT molecular complexity index is 695. The lowest BCUT2D eigenvalue weighted by Gasteiger charge is -2.20. The average molecular weight is 327 g/mol. The smallest absolute Gasteiger partial charge is 0.225 e. The highest BCUT2D eigenvalue weighted by Gasteiger charge is 2.26. The van der Waals surface area contributed by atoms with Crippen LogP contribution in [0.2, 0.25) is 0 Å². The van der Waals surface area contributed by atoms with Gasteiger partial charge in [0, 0.05) is 28.7 Å². The van der Waals surface area contributed by atoms with Gasteiger partial charge in [-0.15, -0.1) is 0 Å². The van der Waals surface area contributed by atoms with E-state index < -0.39 is 5.41 Å². The van der Waals surface area contributed by atoms with Crippen LogP contribution >= 0.6 is 0 Å². The molecule has 1 aliphatic rings. The first-order valence-electron chi connectivity index (χ1n) is 8.37. The summed E-state index contributed by atoms with van der Waals surface area (Å²) in [5.41, 5.74) is 1.14. The Morgan fingerprint density at radius 3 is 2.38 bits per heavy atom. The fraction of sp³-hybridized carbons (Fsp3) is 0.450. The molecule has 0 saturated heterocycles. The quantitative estimate of drug-likeness (QED) is 0.899. The summed E-state index contributed by atoms with van der Waals surface area (Å²) in [6.07, 6.45) is 2.78. The van der Waals surface area contributed by atoms with Crippen molar-refractivity contribution in [3.8, 4) is 0 Å². The van der Waals surface area contributed by atoms with Crippen LogP contribution < -0.4 is 5.32 Å². The zero-order valence-corrected chi connectivity index (χ0v) is 14.8. The number of allylic oxidation sites excluding steroid dienone is 2. The summed E-state index contributed by atoms with van der Waals surface area (Å²) < 4.78 is 0. The molecule has 128 valence electrons. The molecule has 1 N–H and O–H groups in total. The first-order valence-corrected chi connectivity index (χ1v) is 8.37. The summed E-state index contributed by atoms with van der Waals surface area (Å²) in [6.45, 7) is 8.23. The van der Waals surface area contributed by atoms with Crippen molar-refractivity contribution < 1.29 is 14.4 Å². The van der Waals surface area contributed by atoms with Gasteiger partial charge in [-0.25, -0.2) is 0 Å². The lowest BCUT2D eigenvalue weighted by atomic mass is 9.85. The Morgan fingerprint density at radius 2 is 1.75 bits per heavy atom. The largest absolute Gasteiger partial charge is 0.356 e. The number of benzene rings is 1. The van der Waals surface area contributed by atoms with Crippen molar-refractivity contribution >= 4 is 17.5 Å². The standard InChI is InChI=1S/C20H25NO3/c1-13(9-10-21-19(24)20(2,3)4)11-14-12-17(22)15-7-5-6-8-16(15)18(14)23/h5-8,12-13H,9-11H2,1-4H3,(H,21,24). The second-order valence-electron chi connectivity index (χ2n) is 7.51. The number of carbonyl (C=O) groups excluding carboxylic acids is 3. The minimum Gasteiger partial charge on any atom is -0.356 e. The Hall–Kier alpha value is -2.23. The number of Topliss-reactive ketones (excluding diaryl/α,β-unsaturated/α-hetero) is 1. The maximum Gasteiger partial charge on any atom is 0.225 e. The van der Waals surface area contributed by atoms with Gasteiger partial charge in [0.25, 0.3) is 0 Å². The number of amides is 1. The van der Waals surface area contributed by atoms with Gasteiger partial charge >= 0.3 is 0 Å². The summed E-state index contributed by atoms with van der Waals surface area (Å²) in [4.78, 5) is 36.5. The highest BCUT2D eigenvalue weighted by atomic mass is 16.2. The van der Waals surface area contributed by atoms with Crippen LogP contribution in [0.3, 0.4) is 0 Å². The average Bonchev–Trinajstić information content (AvgIpc) is 2.51. The van der Waals surface area contributed by atoms with E-state index in [4.69, 9.17) is 0 Å². The van der Waals surface area contributed by atoms with Gasteiger partial charge < -0.3 is 5.32 Å². The highest BCUT2D eigenvalue weighted by molar-refractivity contribution is 6.24. The van der Waals surface area contributed by atoms with Gasteiger partial charge in [-0.2, -0.15) is 0 Å². The van der Waals surface area contributed by atoms with Crippen molar-refractivity contribution in [1.29, 1.82) is 0 Å². The van der Waals surface area contributed by atoms with E-state index in [1.807, 2.05) is 27.7 Å². The lowest BCUT2D eigenvalue weighted by molar-refractivity contribution is -0.128. The van der Waals surface area contributed by atoms with Crippen LogP contribution in [0.4, 0.5) is 0 Å². The van der Waals surface area contributed by atoms with E-state index in [1.165, 1.54) is 6.08 Å². The molecule has 0 spiro atoms. The molecule has 0 heterocycles. The first-order chi connectivity index (χ1) is 11.2. The SMILES string of the molecule is CC(CCNC(=O)C(C)(C)C)CC1=CC(=O)c2ccccc2C1=O. The molecule has 0 aliphatic heterocycles. The Balaban J connectivity index is 1.93. The zero-order chi connectivity index (χ0) is 17.9. The third-order valence-corrected chi connectivity index (χ3v) is 4.21. The number of ketones is 2. The molecule has 0 radical (unpaired) electrons. The van der Waals surface area contributed by atoms with Crippen molar-refractivity contribution in [2.45, 2.75) is 40.5 Å². The number of rotatable bonds is 5. The molecule has 1 aliphatic carbocycles. The Morgan fingerprint density at radius 1 is 1.12 bits per heavy atom. The van der Waals surface area contributed by atoms with Gasteiger partial charge in [0.2, 0.25) is 5.91 Å². The molecular formula is C20H25NO3. The van der Waals surface area contributed by atoms with Crippen molar-refractivity contribution in [3.63, 3.8) is 0 Å². The van der Waals surface area contributed by atoms with Crippen molar-refractivity contribution in [2.24, 2.45) is 11.3 Å². The van der Waals surface area contributed by atoms with Gasteiger partial charge in [0.05, 0.1) is 0 Å². The topological polar surface area (TPSA) is 63.2 Å². The molecule has 0 fully saturated rings. The first kappa shape index (κ1) is 18.1. The second-order valence-corrected chi connectivity index (χ2v) is 7.51. The van der Waals surface area contributed by atoms with Crippen LogP contribution in [0, 0.1) is 11.3 Å². The van der Waals surface area contributed by atoms with Crippen LogP contribution in [0.1, 0.15) is 61.3 Å². The predicted molar refractivity (Wildman–Crippen MR) is 94.0 cm³/mol. The molecule has 1 aromatic rings. The van der Waals surface area contributed by atoms with E-state index in [0.29, 0.717) is 29.7 Å². The molecule has 1 atom stereocenters. The van der Waals surface area contributed by atoms with Crippen LogP contribution in [0.15, 0.2) is 35.9 Å². The summed E-state index contributed by atoms with van der Waals surface area (Å²) >= 11 is 0. The Labute approximate surface area is 143 Å². The van der Waals surface area contributed by atoms with Gasteiger partial charge in [-0.05, 0) is 24.8 Å². The van der Waals surface area contributed by atoms with Crippen molar-refractivity contribution in [3.05, 3.63) is 47.0 Å². The molecule has 1 amide bonds. The van der Waals surface area contributed by atoms with Crippen LogP contribution in [-0.2, 0) is 4.79 Å². The molecule has 0 aromatic heterocycles. The summed E-state index contributed by atoms with van der Waals surface area (Å²) in [5.74, 6) is 0.0644. The van der Waals surface area contributed by atoms with E-state index in [0.717, 1.165) is 6.42 Å². The molecule has 1 aromatic carbocycles. The molecule has 24 heavy (non-hydrogen) atoms. The third kappa shape index (κ3) is 4.19. The third-order valence-electron chi connectivity index (χ3n) is 4.21. The fourth-order valence-electron chi connectivity index (χ4n) is 2.70. The predicted octanol–water partition coefficient (Wildman–Crippen LogP) is 3.57. The summed E-state index contributed by atoms with van der Waals surface area (Å²) in [5, 5.41) is 2.92. The number of carbonyl (C=O) groups is 3. The number of hydrogen-bond donors (Lipinski definition) is 1. The summed E-state index contributed by atoms with van der Waals surface area (Å²) in [7, 11) is 0.